The van der Waals surface area contributed by atoms with Gasteiger partial charge < -0.3 is 25.4 Å². The summed E-state index contributed by atoms with van der Waals surface area (Å²) >= 11 is 0. The molecule has 8 nitrogen and oxygen atoms in total. The van der Waals surface area contributed by atoms with Gasteiger partial charge in [-0.1, -0.05) is 30.3 Å². The van der Waals surface area contributed by atoms with Crippen LogP contribution < -0.4 is 16.2 Å². The lowest BCUT2D eigenvalue weighted by Crippen LogP contribution is -2.36. The Bertz CT molecular complexity index is 1290. The summed E-state index contributed by atoms with van der Waals surface area (Å²) in [5.41, 5.74) is 1.98. The summed E-state index contributed by atoms with van der Waals surface area (Å²) in [4.78, 5) is 36.4. The lowest BCUT2D eigenvalue weighted by molar-refractivity contribution is -0.137. The zero-order valence-corrected chi connectivity index (χ0v) is 18.3. The van der Waals surface area contributed by atoms with E-state index in [1.54, 1.807) is 13.0 Å². The third-order valence-electron chi connectivity index (χ3n) is 5.41. The van der Waals surface area contributed by atoms with Crippen LogP contribution in [0, 0.1) is 19.7 Å². The van der Waals surface area contributed by atoms with Gasteiger partial charge in [0.15, 0.2) is 5.69 Å². The van der Waals surface area contributed by atoms with E-state index in [-0.39, 0.29) is 11.3 Å². The molecule has 0 aliphatic rings. The Labute approximate surface area is 189 Å². The molecule has 3 rings (SSSR count). The Morgan fingerprint density at radius 2 is 1.79 bits per heavy atom. The normalized spacial score (nSPS) is 11.6. The standard InChI is InChI=1S/C24H24FN3O5/c1-13-6-4-5-7-15(13)16-8-9-17(25)21(14(16)2)18(12-20(30)31)26-24(33)27-22-19(29)10-11-28(3)23(22)32/h4-11,18,29H,12H2,1-3H3,(H,30,31)(H2,26,27,33)/t18-/m0/s1. The summed E-state index contributed by atoms with van der Waals surface area (Å²) < 4.78 is 16.1. The highest BCUT2D eigenvalue weighted by molar-refractivity contribution is 5.91. The number of aryl methyl sites for hydroxylation is 2. The number of amides is 2. The molecule has 0 spiro atoms. The van der Waals surface area contributed by atoms with E-state index in [4.69, 9.17) is 0 Å². The largest absolute Gasteiger partial charge is 0.505 e. The highest BCUT2D eigenvalue weighted by Crippen LogP contribution is 2.33. The summed E-state index contributed by atoms with van der Waals surface area (Å²) in [6, 6.07) is 9.38. The van der Waals surface area contributed by atoms with Gasteiger partial charge >= 0.3 is 12.0 Å². The Morgan fingerprint density at radius 1 is 1.09 bits per heavy atom. The molecule has 0 fully saturated rings. The van der Waals surface area contributed by atoms with Crippen LogP contribution >= 0.6 is 0 Å². The average molecular weight is 453 g/mol. The van der Waals surface area contributed by atoms with Gasteiger partial charge in [0.2, 0.25) is 0 Å². The Hall–Kier alpha value is -4.14. The predicted molar refractivity (Wildman–Crippen MR) is 122 cm³/mol. The molecule has 0 saturated carbocycles. The summed E-state index contributed by atoms with van der Waals surface area (Å²) in [5, 5.41) is 24.0. The first-order valence-electron chi connectivity index (χ1n) is 10.1. The van der Waals surface area contributed by atoms with Gasteiger partial charge in [-0.15, -0.1) is 0 Å². The van der Waals surface area contributed by atoms with Crippen molar-refractivity contribution in [2.75, 3.05) is 5.32 Å². The van der Waals surface area contributed by atoms with Gasteiger partial charge in [0.1, 0.15) is 11.6 Å². The SMILES string of the molecule is Cc1ccccc1-c1ccc(F)c([C@H](CC(=O)O)NC(=O)Nc2c(O)ccn(C)c2=O)c1C. The molecule has 4 N–H and O–H groups in total. The number of aromatic nitrogens is 1. The number of pyridine rings is 1. The average Bonchev–Trinajstić information content (AvgIpc) is 2.74. The van der Waals surface area contributed by atoms with Gasteiger partial charge in [-0.3, -0.25) is 9.59 Å². The second-order valence-electron chi connectivity index (χ2n) is 7.69. The molecule has 3 aromatic rings. The van der Waals surface area contributed by atoms with Crippen molar-refractivity contribution >= 4 is 17.7 Å². The minimum absolute atomic E-state index is 0.0264. The maximum atomic E-state index is 14.9. The predicted octanol–water partition coefficient (Wildman–Crippen LogP) is 3.85. The Balaban J connectivity index is 2.00. The van der Waals surface area contributed by atoms with Crippen molar-refractivity contribution in [3.63, 3.8) is 0 Å². The van der Waals surface area contributed by atoms with E-state index in [1.165, 1.54) is 25.4 Å². The molecule has 172 valence electrons. The van der Waals surface area contributed by atoms with E-state index >= 15 is 0 Å². The number of carboxylic acid groups (broad SMARTS) is 1. The number of carboxylic acids is 1. The number of carbonyl (C=O) groups excluding carboxylic acids is 1. The van der Waals surface area contributed by atoms with Gasteiger partial charge in [-0.25, -0.2) is 9.18 Å². The summed E-state index contributed by atoms with van der Waals surface area (Å²) in [7, 11) is 1.44. The fraction of sp³-hybridized carbons (Fsp3) is 0.208. The van der Waals surface area contributed by atoms with Crippen LogP contribution in [0.25, 0.3) is 11.1 Å². The summed E-state index contributed by atoms with van der Waals surface area (Å²) in [6.07, 6.45) is 0.727. The van der Waals surface area contributed by atoms with Crippen LogP contribution in [0.5, 0.6) is 5.75 Å². The minimum atomic E-state index is -1.25. The fourth-order valence-electron chi connectivity index (χ4n) is 3.73. The van der Waals surface area contributed by atoms with Crippen LogP contribution in [0.1, 0.15) is 29.2 Å². The minimum Gasteiger partial charge on any atom is -0.505 e. The fourth-order valence-corrected chi connectivity index (χ4v) is 3.73. The number of anilines is 1. The Kier molecular flexibility index (Phi) is 6.81. The van der Waals surface area contributed by atoms with Crippen molar-refractivity contribution in [3.05, 3.63) is 81.5 Å². The number of benzene rings is 2. The first kappa shape index (κ1) is 23.5. The van der Waals surface area contributed by atoms with Crippen LogP contribution in [-0.2, 0) is 11.8 Å². The van der Waals surface area contributed by atoms with Gasteiger partial charge in [-0.2, -0.15) is 0 Å². The van der Waals surface area contributed by atoms with E-state index in [0.29, 0.717) is 11.1 Å². The van der Waals surface area contributed by atoms with Gasteiger partial charge in [0.05, 0.1) is 12.5 Å². The van der Waals surface area contributed by atoms with Crippen LogP contribution in [-0.4, -0.2) is 26.8 Å². The van der Waals surface area contributed by atoms with Crippen LogP contribution in [0.4, 0.5) is 14.9 Å². The first-order chi connectivity index (χ1) is 15.6. The lowest BCUT2D eigenvalue weighted by atomic mass is 9.89. The smallest absolute Gasteiger partial charge is 0.319 e. The van der Waals surface area contributed by atoms with Crippen molar-refractivity contribution in [2.24, 2.45) is 7.05 Å². The zero-order valence-electron chi connectivity index (χ0n) is 18.3. The molecule has 0 saturated heterocycles. The number of carbonyl (C=O) groups is 2. The maximum absolute atomic E-state index is 14.9. The second-order valence-corrected chi connectivity index (χ2v) is 7.69. The molecule has 1 atom stereocenters. The van der Waals surface area contributed by atoms with Crippen molar-refractivity contribution in [3.8, 4) is 16.9 Å². The summed E-state index contributed by atoms with van der Waals surface area (Å²) in [6.45, 7) is 3.57. The van der Waals surface area contributed by atoms with Crippen molar-refractivity contribution in [2.45, 2.75) is 26.3 Å². The molecule has 9 heteroatoms. The van der Waals surface area contributed by atoms with E-state index in [9.17, 15) is 29.0 Å². The molecular weight excluding hydrogens is 429 g/mol. The number of nitrogens with one attached hydrogen (secondary N) is 2. The van der Waals surface area contributed by atoms with Gasteiger partial charge in [0.25, 0.3) is 5.56 Å². The lowest BCUT2D eigenvalue weighted by Gasteiger charge is -2.23. The van der Waals surface area contributed by atoms with E-state index in [1.807, 2.05) is 31.2 Å². The zero-order chi connectivity index (χ0) is 24.3. The van der Waals surface area contributed by atoms with Gasteiger partial charge in [0, 0.05) is 18.8 Å². The maximum Gasteiger partial charge on any atom is 0.319 e. The summed E-state index contributed by atoms with van der Waals surface area (Å²) in [5.74, 6) is -2.37. The van der Waals surface area contributed by atoms with E-state index in [2.05, 4.69) is 10.6 Å². The third kappa shape index (κ3) is 5.03. The van der Waals surface area contributed by atoms with E-state index in [0.717, 1.165) is 15.7 Å². The molecule has 0 aliphatic carbocycles. The molecule has 0 bridgehead atoms. The molecular formula is C24H24FN3O5. The quantitative estimate of drug-likeness (QED) is 0.452. The number of hydrogen-bond acceptors (Lipinski definition) is 4. The second kappa shape index (κ2) is 9.56. The topological polar surface area (TPSA) is 121 Å². The molecule has 33 heavy (non-hydrogen) atoms. The van der Waals surface area contributed by atoms with Crippen molar-refractivity contribution < 1.29 is 24.2 Å². The molecule has 0 radical (unpaired) electrons. The van der Waals surface area contributed by atoms with E-state index < -0.39 is 41.6 Å². The molecule has 0 aliphatic heterocycles. The molecule has 1 aromatic heterocycles. The monoisotopic (exact) mass is 453 g/mol. The molecule has 1 heterocycles. The number of rotatable bonds is 6. The number of aliphatic carboxylic acids is 1. The number of urea groups is 1. The van der Waals surface area contributed by atoms with Gasteiger partial charge in [-0.05, 0) is 48.2 Å². The molecule has 0 unspecified atom stereocenters. The van der Waals surface area contributed by atoms with Crippen LogP contribution in [0.3, 0.4) is 0 Å². The van der Waals surface area contributed by atoms with Crippen molar-refractivity contribution in [1.29, 1.82) is 0 Å². The van der Waals surface area contributed by atoms with Crippen LogP contribution in [0.15, 0.2) is 53.5 Å². The Morgan fingerprint density at radius 3 is 2.45 bits per heavy atom. The molecule has 2 aromatic carbocycles. The highest BCUT2D eigenvalue weighted by atomic mass is 19.1. The van der Waals surface area contributed by atoms with Crippen molar-refractivity contribution in [1.82, 2.24) is 9.88 Å². The number of aromatic hydroxyl groups is 1. The number of halogens is 1. The first-order valence-corrected chi connectivity index (χ1v) is 10.1. The third-order valence-corrected chi connectivity index (χ3v) is 5.41. The highest BCUT2D eigenvalue weighted by Gasteiger charge is 2.26. The number of hydrogen-bond donors (Lipinski definition) is 4. The molecule has 2 amide bonds. The van der Waals surface area contributed by atoms with Crippen LogP contribution in [0.2, 0.25) is 0 Å². The number of nitrogens with zero attached hydrogens (tertiary/aromatic N) is 1.